The number of phenolic OH excluding ortho intramolecular Hbond substituents is 1. The maximum atomic E-state index is 14.0. The first kappa shape index (κ1) is 21.3. The second-order valence-corrected chi connectivity index (χ2v) is 8.74. The van der Waals surface area contributed by atoms with Gasteiger partial charge in [-0.15, -0.1) is 0 Å². The summed E-state index contributed by atoms with van der Waals surface area (Å²) >= 11 is 0. The number of aromatic hydroxyl groups is 1. The zero-order valence-corrected chi connectivity index (χ0v) is 18.9. The van der Waals surface area contributed by atoms with Gasteiger partial charge in [-0.05, 0) is 66.4 Å². The molecule has 0 unspecified atom stereocenters. The van der Waals surface area contributed by atoms with Gasteiger partial charge in [-0.2, -0.15) is 0 Å². The van der Waals surface area contributed by atoms with Gasteiger partial charge < -0.3 is 10.0 Å². The molecule has 0 aliphatic carbocycles. The number of aromatic nitrogens is 2. The molecule has 1 saturated heterocycles. The maximum absolute atomic E-state index is 14.0. The first-order valence-electron chi connectivity index (χ1n) is 11.3. The van der Waals surface area contributed by atoms with E-state index >= 15 is 0 Å². The van der Waals surface area contributed by atoms with E-state index in [0.29, 0.717) is 12.3 Å². The van der Waals surface area contributed by atoms with Crippen LogP contribution in [0, 0.1) is 19.7 Å². The minimum atomic E-state index is -0.143. The molecular weight excluding hydrogens is 415 g/mol. The van der Waals surface area contributed by atoms with E-state index in [2.05, 4.69) is 20.9 Å². The van der Waals surface area contributed by atoms with E-state index in [9.17, 15) is 9.50 Å². The SMILES string of the molecule is Cc1cc(-c2ccc3ncc(N4CCN(Cc5ccccc5F)CC4)nc3c2)cc(C)c1O. The first-order valence-corrected chi connectivity index (χ1v) is 11.3. The van der Waals surface area contributed by atoms with Crippen LogP contribution in [-0.2, 0) is 6.54 Å². The van der Waals surface area contributed by atoms with E-state index in [-0.39, 0.29) is 5.82 Å². The van der Waals surface area contributed by atoms with Gasteiger partial charge in [0.15, 0.2) is 0 Å². The largest absolute Gasteiger partial charge is 0.507 e. The predicted octanol–water partition coefficient (Wildman–Crippen LogP) is 5.08. The summed E-state index contributed by atoms with van der Waals surface area (Å²) in [5, 5.41) is 10.1. The summed E-state index contributed by atoms with van der Waals surface area (Å²) in [6.45, 7) is 7.79. The van der Waals surface area contributed by atoms with Crippen molar-refractivity contribution in [3.8, 4) is 16.9 Å². The number of rotatable bonds is 4. The maximum Gasteiger partial charge on any atom is 0.147 e. The number of fused-ring (bicyclic) bond motifs is 1. The van der Waals surface area contributed by atoms with E-state index in [1.165, 1.54) is 6.07 Å². The Bertz CT molecular complexity index is 1290. The van der Waals surface area contributed by atoms with Crippen molar-refractivity contribution in [2.75, 3.05) is 31.1 Å². The second-order valence-electron chi connectivity index (χ2n) is 8.74. The third-order valence-corrected chi connectivity index (χ3v) is 6.40. The molecule has 4 aromatic rings. The topological polar surface area (TPSA) is 52.5 Å². The number of aryl methyl sites for hydroxylation is 2. The highest BCUT2D eigenvalue weighted by atomic mass is 19.1. The standard InChI is InChI=1S/C27H27FN4O/c1-18-13-22(14-19(2)27(18)33)20-7-8-24-25(15-20)30-26(16-29-24)32-11-9-31(10-12-32)17-21-5-3-4-6-23(21)28/h3-8,13-16,33H,9-12,17H2,1-2H3. The van der Waals surface area contributed by atoms with Crippen molar-refractivity contribution in [2.24, 2.45) is 0 Å². The smallest absolute Gasteiger partial charge is 0.147 e. The number of piperazine rings is 1. The molecule has 0 spiro atoms. The Kier molecular flexibility index (Phi) is 5.68. The van der Waals surface area contributed by atoms with Gasteiger partial charge in [0.05, 0.1) is 17.2 Å². The third-order valence-electron chi connectivity index (χ3n) is 6.40. The number of hydrogen-bond acceptors (Lipinski definition) is 5. The molecule has 0 atom stereocenters. The number of anilines is 1. The quantitative estimate of drug-likeness (QED) is 0.478. The third kappa shape index (κ3) is 4.39. The minimum Gasteiger partial charge on any atom is -0.507 e. The van der Waals surface area contributed by atoms with Crippen molar-refractivity contribution in [1.82, 2.24) is 14.9 Å². The molecule has 6 heteroatoms. The van der Waals surface area contributed by atoms with Crippen molar-refractivity contribution >= 4 is 16.9 Å². The molecule has 1 aromatic heterocycles. The number of hydrogen-bond donors (Lipinski definition) is 1. The zero-order valence-electron chi connectivity index (χ0n) is 18.9. The molecule has 33 heavy (non-hydrogen) atoms. The molecular formula is C27H27FN4O. The molecule has 5 nitrogen and oxygen atoms in total. The Morgan fingerprint density at radius 2 is 1.61 bits per heavy atom. The highest BCUT2D eigenvalue weighted by Crippen LogP contribution is 2.30. The van der Waals surface area contributed by atoms with Gasteiger partial charge in [0.1, 0.15) is 17.4 Å². The van der Waals surface area contributed by atoms with Crippen LogP contribution < -0.4 is 4.90 Å². The summed E-state index contributed by atoms with van der Waals surface area (Å²) in [5.74, 6) is 1.06. The van der Waals surface area contributed by atoms with Gasteiger partial charge in [0.2, 0.25) is 0 Å². The van der Waals surface area contributed by atoms with Gasteiger partial charge in [0, 0.05) is 38.3 Å². The molecule has 1 fully saturated rings. The van der Waals surface area contributed by atoms with Gasteiger partial charge in [-0.25, -0.2) is 9.37 Å². The number of phenols is 1. The average molecular weight is 443 g/mol. The average Bonchev–Trinajstić information content (AvgIpc) is 2.83. The molecule has 5 rings (SSSR count). The van der Waals surface area contributed by atoms with Crippen LogP contribution in [0.25, 0.3) is 22.2 Å². The summed E-state index contributed by atoms with van der Waals surface area (Å²) in [7, 11) is 0. The summed E-state index contributed by atoms with van der Waals surface area (Å²) in [6, 6.07) is 17.1. The summed E-state index contributed by atoms with van der Waals surface area (Å²) in [6.07, 6.45) is 1.84. The van der Waals surface area contributed by atoms with Crippen molar-refractivity contribution in [1.29, 1.82) is 0 Å². The molecule has 1 aliphatic heterocycles. The van der Waals surface area contributed by atoms with Gasteiger partial charge >= 0.3 is 0 Å². The van der Waals surface area contributed by atoms with Crippen LogP contribution >= 0.6 is 0 Å². The van der Waals surface area contributed by atoms with E-state index in [4.69, 9.17) is 4.98 Å². The monoisotopic (exact) mass is 442 g/mol. The van der Waals surface area contributed by atoms with E-state index in [1.54, 1.807) is 6.07 Å². The Balaban J connectivity index is 1.34. The lowest BCUT2D eigenvalue weighted by Crippen LogP contribution is -2.46. The summed E-state index contributed by atoms with van der Waals surface area (Å²) in [4.78, 5) is 14.1. The Morgan fingerprint density at radius 1 is 0.879 bits per heavy atom. The van der Waals surface area contributed by atoms with Crippen LogP contribution in [0.5, 0.6) is 5.75 Å². The highest BCUT2D eigenvalue weighted by molar-refractivity contribution is 5.82. The van der Waals surface area contributed by atoms with E-state index < -0.39 is 0 Å². The molecule has 0 radical (unpaired) electrons. The van der Waals surface area contributed by atoms with Crippen LogP contribution in [0.3, 0.4) is 0 Å². The zero-order chi connectivity index (χ0) is 22.9. The Morgan fingerprint density at radius 3 is 2.33 bits per heavy atom. The van der Waals surface area contributed by atoms with Crippen molar-refractivity contribution < 1.29 is 9.50 Å². The van der Waals surface area contributed by atoms with E-state index in [0.717, 1.165) is 70.8 Å². The normalized spacial score (nSPS) is 14.7. The van der Waals surface area contributed by atoms with Crippen LogP contribution in [0.15, 0.2) is 60.8 Å². The highest BCUT2D eigenvalue weighted by Gasteiger charge is 2.19. The number of benzene rings is 3. The molecule has 0 bridgehead atoms. The van der Waals surface area contributed by atoms with Gasteiger partial charge in [-0.1, -0.05) is 24.3 Å². The summed E-state index contributed by atoms with van der Waals surface area (Å²) < 4.78 is 14.0. The minimum absolute atomic E-state index is 0.143. The lowest BCUT2D eigenvalue weighted by Gasteiger charge is -2.35. The molecule has 0 saturated carbocycles. The second kappa shape index (κ2) is 8.79. The van der Waals surface area contributed by atoms with Crippen molar-refractivity contribution in [3.63, 3.8) is 0 Å². The predicted molar refractivity (Wildman–Crippen MR) is 130 cm³/mol. The number of halogens is 1. The van der Waals surface area contributed by atoms with Crippen molar-refractivity contribution in [3.05, 3.63) is 83.3 Å². The van der Waals surface area contributed by atoms with Crippen LogP contribution in [0.2, 0.25) is 0 Å². The van der Waals surface area contributed by atoms with Crippen LogP contribution in [0.1, 0.15) is 16.7 Å². The Labute approximate surface area is 193 Å². The lowest BCUT2D eigenvalue weighted by molar-refractivity contribution is 0.246. The van der Waals surface area contributed by atoms with Gasteiger partial charge in [-0.3, -0.25) is 9.88 Å². The van der Waals surface area contributed by atoms with E-state index in [1.807, 2.05) is 56.4 Å². The molecule has 0 amide bonds. The molecule has 1 N–H and O–H groups in total. The first-order chi connectivity index (χ1) is 16.0. The molecule has 3 aromatic carbocycles. The van der Waals surface area contributed by atoms with Crippen LogP contribution in [0.4, 0.5) is 10.2 Å². The fourth-order valence-electron chi connectivity index (χ4n) is 4.46. The summed E-state index contributed by atoms with van der Waals surface area (Å²) in [5.41, 5.74) is 6.27. The van der Waals surface area contributed by atoms with Crippen LogP contribution in [-0.4, -0.2) is 46.2 Å². The molecule has 1 aliphatic rings. The molecule has 168 valence electrons. The Hall–Kier alpha value is -3.51. The van der Waals surface area contributed by atoms with Gasteiger partial charge in [0.25, 0.3) is 0 Å². The lowest BCUT2D eigenvalue weighted by atomic mass is 9.99. The fraction of sp³-hybridized carbons (Fsp3) is 0.259. The number of nitrogens with zero attached hydrogens (tertiary/aromatic N) is 4. The fourth-order valence-corrected chi connectivity index (χ4v) is 4.46. The van der Waals surface area contributed by atoms with Crippen molar-refractivity contribution in [2.45, 2.75) is 20.4 Å². The molecule has 2 heterocycles.